The maximum Gasteiger partial charge on any atom is 0.239 e. The van der Waals surface area contributed by atoms with E-state index in [1.54, 1.807) is 30.3 Å². The van der Waals surface area contributed by atoms with Crippen molar-refractivity contribution >= 4 is 23.4 Å². The largest absolute Gasteiger partial charge is 0.369 e. The Kier molecular flexibility index (Phi) is 2.58. The smallest absolute Gasteiger partial charge is 0.239 e. The molecule has 1 saturated heterocycles. The van der Waals surface area contributed by atoms with Crippen LogP contribution in [0.1, 0.15) is 12.8 Å². The highest BCUT2D eigenvalue weighted by Crippen LogP contribution is 2.56. The number of nitrogens with two attached hydrogens (primary N) is 1. The molecule has 0 radical (unpaired) electrons. The Morgan fingerprint density at radius 1 is 1.18 bits per heavy atom. The molecule has 2 fully saturated rings. The van der Waals surface area contributed by atoms with E-state index in [4.69, 9.17) is 5.73 Å². The van der Waals surface area contributed by atoms with Gasteiger partial charge in [-0.1, -0.05) is 30.4 Å². The molecule has 2 bridgehead atoms. The van der Waals surface area contributed by atoms with E-state index in [2.05, 4.69) is 0 Å². The van der Waals surface area contributed by atoms with E-state index in [9.17, 15) is 14.4 Å². The molecule has 5 rings (SSSR count). The molecule has 3 amide bonds. The molecule has 2 N–H and O–H groups in total. The minimum atomic E-state index is -1.00. The summed E-state index contributed by atoms with van der Waals surface area (Å²) in [6.07, 6.45) is 4.94. The van der Waals surface area contributed by atoms with Crippen molar-refractivity contribution < 1.29 is 14.4 Å². The number of hydrogen-bond acceptors (Lipinski definition) is 3. The Hall–Kier alpha value is -2.43. The van der Waals surface area contributed by atoms with Gasteiger partial charge in [0.1, 0.15) is 0 Å². The summed E-state index contributed by atoms with van der Waals surface area (Å²) < 4.78 is 0. The molecule has 1 heterocycles. The van der Waals surface area contributed by atoms with Crippen LogP contribution in [-0.4, -0.2) is 17.7 Å². The van der Waals surface area contributed by atoms with Gasteiger partial charge in [-0.3, -0.25) is 14.4 Å². The van der Waals surface area contributed by atoms with Crippen molar-refractivity contribution in [2.45, 2.75) is 12.8 Å². The summed E-state index contributed by atoms with van der Waals surface area (Å²) in [7, 11) is 0. The average Bonchev–Trinajstić information content (AvgIpc) is 2.83. The predicted octanol–water partition coefficient (Wildman–Crippen LogP) is 1.24. The fourth-order valence-corrected chi connectivity index (χ4v) is 4.29. The SMILES string of the molecule is NC(=O)[C@]12C=C[C@@H](CC1)[C@@H]1C(=O)N(c3ccccc3)C(=O)[C@@H]12. The summed E-state index contributed by atoms with van der Waals surface area (Å²) in [6, 6.07) is 8.87. The molecule has 5 heteroatoms. The van der Waals surface area contributed by atoms with Crippen LogP contribution < -0.4 is 10.6 Å². The number of primary amides is 1. The van der Waals surface area contributed by atoms with Crippen LogP contribution in [0.3, 0.4) is 0 Å². The van der Waals surface area contributed by atoms with Crippen LogP contribution in [0.5, 0.6) is 0 Å². The molecule has 22 heavy (non-hydrogen) atoms. The van der Waals surface area contributed by atoms with Crippen molar-refractivity contribution in [2.75, 3.05) is 4.90 Å². The Balaban J connectivity index is 1.84. The second-order valence-corrected chi connectivity index (χ2v) is 6.32. The lowest BCUT2D eigenvalue weighted by molar-refractivity contribution is -0.141. The van der Waals surface area contributed by atoms with Gasteiger partial charge >= 0.3 is 0 Å². The van der Waals surface area contributed by atoms with Crippen LogP contribution in [0.2, 0.25) is 0 Å². The summed E-state index contributed by atoms with van der Waals surface area (Å²) in [5, 5.41) is 0. The minimum Gasteiger partial charge on any atom is -0.369 e. The second-order valence-electron chi connectivity index (χ2n) is 6.32. The molecule has 0 unspecified atom stereocenters. The van der Waals surface area contributed by atoms with Gasteiger partial charge in [0.05, 0.1) is 22.9 Å². The Morgan fingerprint density at radius 2 is 1.91 bits per heavy atom. The highest BCUT2D eigenvalue weighted by molar-refractivity contribution is 6.23. The Labute approximate surface area is 127 Å². The van der Waals surface area contributed by atoms with Gasteiger partial charge in [-0.05, 0) is 30.9 Å². The normalized spacial score (nSPS) is 35.8. The fraction of sp³-hybridized carbons (Fsp3) is 0.353. The van der Waals surface area contributed by atoms with Gasteiger partial charge in [0.15, 0.2) is 0 Å². The number of carbonyl (C=O) groups is 3. The summed E-state index contributed by atoms with van der Waals surface area (Å²) in [6.45, 7) is 0. The molecule has 5 nitrogen and oxygen atoms in total. The topological polar surface area (TPSA) is 80.5 Å². The molecule has 0 spiro atoms. The molecule has 4 atom stereocenters. The number of para-hydroxylation sites is 1. The Morgan fingerprint density at radius 3 is 2.50 bits per heavy atom. The van der Waals surface area contributed by atoms with Crippen LogP contribution in [0, 0.1) is 23.2 Å². The number of nitrogens with zero attached hydrogens (tertiary/aromatic N) is 1. The van der Waals surface area contributed by atoms with Crippen molar-refractivity contribution in [3.8, 4) is 0 Å². The number of fused-ring (bicyclic) bond motifs is 1. The first kappa shape index (κ1) is 13.2. The van der Waals surface area contributed by atoms with Crippen molar-refractivity contribution in [3.63, 3.8) is 0 Å². The summed E-state index contributed by atoms with van der Waals surface area (Å²) >= 11 is 0. The first-order chi connectivity index (χ1) is 10.6. The number of carbonyl (C=O) groups excluding carboxylic acids is 3. The third-order valence-corrected chi connectivity index (χ3v) is 5.37. The molecule has 1 aromatic rings. The molecule has 1 aromatic carbocycles. The predicted molar refractivity (Wildman–Crippen MR) is 79.4 cm³/mol. The molecular formula is C17H16N2O3. The summed E-state index contributed by atoms with van der Waals surface area (Å²) in [5.41, 5.74) is 5.17. The van der Waals surface area contributed by atoms with E-state index < -0.39 is 23.2 Å². The molecule has 0 aromatic heterocycles. The zero-order valence-corrected chi connectivity index (χ0v) is 11.9. The quantitative estimate of drug-likeness (QED) is 0.658. The van der Waals surface area contributed by atoms with Gasteiger partial charge in [-0.2, -0.15) is 0 Å². The number of allylic oxidation sites excluding steroid dienone is 1. The lowest BCUT2D eigenvalue weighted by Gasteiger charge is -2.45. The zero-order chi connectivity index (χ0) is 15.5. The summed E-state index contributed by atoms with van der Waals surface area (Å²) in [5.74, 6) is -2.10. The van der Waals surface area contributed by atoms with Crippen molar-refractivity contribution in [3.05, 3.63) is 42.5 Å². The fourth-order valence-electron chi connectivity index (χ4n) is 4.29. The first-order valence-corrected chi connectivity index (χ1v) is 7.48. The number of benzene rings is 1. The number of hydrogen-bond donors (Lipinski definition) is 1. The van der Waals surface area contributed by atoms with Crippen LogP contribution >= 0.6 is 0 Å². The van der Waals surface area contributed by atoms with Crippen LogP contribution in [0.25, 0.3) is 0 Å². The molecule has 1 aliphatic heterocycles. The van der Waals surface area contributed by atoms with Crippen molar-refractivity contribution in [1.82, 2.24) is 0 Å². The van der Waals surface area contributed by atoms with E-state index in [0.717, 1.165) is 6.42 Å². The number of imide groups is 1. The maximum atomic E-state index is 12.9. The number of rotatable bonds is 2. The number of amides is 3. The van der Waals surface area contributed by atoms with Crippen LogP contribution in [0.4, 0.5) is 5.69 Å². The Bertz CT molecular complexity index is 712. The van der Waals surface area contributed by atoms with E-state index in [-0.39, 0.29) is 17.7 Å². The second kappa shape index (κ2) is 4.29. The molecule has 112 valence electrons. The average molecular weight is 296 g/mol. The van der Waals surface area contributed by atoms with Gasteiger partial charge < -0.3 is 5.73 Å². The van der Waals surface area contributed by atoms with Crippen LogP contribution in [-0.2, 0) is 14.4 Å². The third kappa shape index (κ3) is 1.46. The molecule has 1 saturated carbocycles. The number of anilines is 1. The molecular weight excluding hydrogens is 280 g/mol. The van der Waals surface area contributed by atoms with Gasteiger partial charge in [-0.25, -0.2) is 4.90 Å². The first-order valence-electron chi connectivity index (χ1n) is 7.48. The van der Waals surface area contributed by atoms with Crippen LogP contribution in [0.15, 0.2) is 42.5 Å². The maximum absolute atomic E-state index is 12.9. The van der Waals surface area contributed by atoms with Gasteiger partial charge in [-0.15, -0.1) is 0 Å². The monoisotopic (exact) mass is 296 g/mol. The van der Waals surface area contributed by atoms with Crippen molar-refractivity contribution in [2.24, 2.45) is 28.9 Å². The van der Waals surface area contributed by atoms with E-state index >= 15 is 0 Å². The lowest BCUT2D eigenvalue weighted by atomic mass is 9.54. The molecule has 4 aliphatic rings. The van der Waals surface area contributed by atoms with E-state index in [0.29, 0.717) is 12.1 Å². The zero-order valence-electron chi connectivity index (χ0n) is 11.9. The van der Waals surface area contributed by atoms with Crippen molar-refractivity contribution in [1.29, 1.82) is 0 Å². The molecule has 3 aliphatic carbocycles. The highest BCUT2D eigenvalue weighted by Gasteiger charge is 2.65. The van der Waals surface area contributed by atoms with E-state index in [1.807, 2.05) is 12.1 Å². The van der Waals surface area contributed by atoms with E-state index in [1.165, 1.54) is 4.90 Å². The minimum absolute atomic E-state index is 0.0244. The van der Waals surface area contributed by atoms with Gasteiger partial charge in [0.25, 0.3) is 0 Å². The summed E-state index contributed by atoms with van der Waals surface area (Å²) in [4.78, 5) is 39.0. The van der Waals surface area contributed by atoms with Gasteiger partial charge in [0.2, 0.25) is 17.7 Å². The lowest BCUT2D eigenvalue weighted by Crippen LogP contribution is -2.53. The van der Waals surface area contributed by atoms with Gasteiger partial charge in [0, 0.05) is 0 Å². The highest BCUT2D eigenvalue weighted by atomic mass is 16.2. The standard InChI is InChI=1S/C17H16N2O3/c18-16(22)17-8-6-10(7-9-17)12-13(17)15(21)19(14(12)20)11-4-2-1-3-5-11/h1-6,8,10,12-13H,7,9H2,(H2,18,22)/t10-,12-,13+,17+/m0/s1. The third-order valence-electron chi connectivity index (χ3n) is 5.37.